The van der Waals surface area contributed by atoms with Crippen LogP contribution in [0, 0.1) is 0 Å². The smallest absolute Gasteiger partial charge is 0.338 e. The lowest BCUT2D eigenvalue weighted by Gasteiger charge is -2.37. The third kappa shape index (κ3) is 3.76. The zero-order valence-corrected chi connectivity index (χ0v) is 16.5. The van der Waals surface area contributed by atoms with Gasteiger partial charge in [-0.25, -0.2) is 4.79 Å². The molecule has 1 aliphatic rings. The van der Waals surface area contributed by atoms with Gasteiger partial charge in [0.2, 0.25) is 5.91 Å². The first-order chi connectivity index (χ1) is 13.2. The van der Waals surface area contributed by atoms with Gasteiger partial charge in [-0.2, -0.15) is 0 Å². The molecule has 0 bridgehead atoms. The fraction of sp³-hybridized carbons (Fsp3) is 0.318. The van der Waals surface area contributed by atoms with Crippen LogP contribution in [-0.2, 0) is 14.9 Å². The summed E-state index contributed by atoms with van der Waals surface area (Å²) in [6.45, 7) is 6.09. The Bertz CT molecular complexity index is 932. The Hall–Kier alpha value is -3.15. The Morgan fingerprint density at radius 3 is 2.39 bits per heavy atom. The van der Waals surface area contributed by atoms with Crippen molar-refractivity contribution in [1.29, 1.82) is 0 Å². The first-order valence-electron chi connectivity index (χ1n) is 9.22. The molecule has 0 spiro atoms. The normalized spacial score (nSPS) is 15.0. The average molecular weight is 380 g/mol. The van der Waals surface area contributed by atoms with Crippen molar-refractivity contribution in [1.82, 2.24) is 0 Å². The lowest BCUT2D eigenvalue weighted by atomic mass is 9.77. The second kappa shape index (κ2) is 7.46. The minimum absolute atomic E-state index is 0.0796. The van der Waals surface area contributed by atoms with E-state index in [0.717, 1.165) is 11.3 Å². The van der Waals surface area contributed by atoms with Gasteiger partial charge in [0, 0.05) is 35.8 Å². The van der Waals surface area contributed by atoms with Gasteiger partial charge in [0.15, 0.2) is 0 Å². The van der Waals surface area contributed by atoms with Gasteiger partial charge in [-0.05, 0) is 55.0 Å². The van der Waals surface area contributed by atoms with Gasteiger partial charge < -0.3 is 15.0 Å². The number of carbonyl (C=O) groups is 3. The number of nitrogens with zero attached hydrogens (tertiary/aromatic N) is 1. The summed E-state index contributed by atoms with van der Waals surface area (Å²) in [5, 5.41) is 2.89. The SMILES string of the molecule is CCOC(=O)c1ccc(C(=O)Nc2ccc3c(c2)C(C)(C)CC(=O)N3C)cc1. The van der Waals surface area contributed by atoms with E-state index in [0.29, 0.717) is 29.8 Å². The van der Waals surface area contributed by atoms with E-state index in [2.05, 4.69) is 5.32 Å². The van der Waals surface area contributed by atoms with E-state index in [1.165, 1.54) is 0 Å². The lowest BCUT2D eigenvalue weighted by Crippen LogP contribution is -2.39. The molecule has 2 amide bonds. The van der Waals surface area contributed by atoms with Crippen LogP contribution in [0.5, 0.6) is 0 Å². The van der Waals surface area contributed by atoms with E-state index in [1.807, 2.05) is 26.0 Å². The lowest BCUT2D eigenvalue weighted by molar-refractivity contribution is -0.119. The number of fused-ring (bicyclic) bond motifs is 1. The second-order valence-corrected chi connectivity index (χ2v) is 7.50. The highest BCUT2D eigenvalue weighted by atomic mass is 16.5. The summed E-state index contributed by atoms with van der Waals surface area (Å²) in [6.07, 6.45) is 0.420. The predicted molar refractivity (Wildman–Crippen MR) is 108 cm³/mol. The van der Waals surface area contributed by atoms with Crippen molar-refractivity contribution in [2.45, 2.75) is 32.6 Å². The van der Waals surface area contributed by atoms with Crippen molar-refractivity contribution in [2.75, 3.05) is 23.9 Å². The Morgan fingerprint density at radius 1 is 1.11 bits per heavy atom. The van der Waals surface area contributed by atoms with Gasteiger partial charge in [-0.3, -0.25) is 9.59 Å². The quantitative estimate of drug-likeness (QED) is 0.820. The van der Waals surface area contributed by atoms with E-state index in [4.69, 9.17) is 4.74 Å². The minimum atomic E-state index is -0.412. The number of rotatable bonds is 4. The van der Waals surface area contributed by atoms with Crippen molar-refractivity contribution in [3.8, 4) is 0 Å². The summed E-state index contributed by atoms with van der Waals surface area (Å²) < 4.78 is 4.95. The van der Waals surface area contributed by atoms with Crippen LogP contribution in [0.25, 0.3) is 0 Å². The van der Waals surface area contributed by atoms with Gasteiger partial charge in [-0.15, -0.1) is 0 Å². The molecule has 3 rings (SSSR count). The maximum Gasteiger partial charge on any atom is 0.338 e. The number of ether oxygens (including phenoxy) is 1. The minimum Gasteiger partial charge on any atom is -0.462 e. The summed E-state index contributed by atoms with van der Waals surface area (Å²) in [7, 11) is 1.76. The van der Waals surface area contributed by atoms with Crippen molar-refractivity contribution in [2.24, 2.45) is 0 Å². The van der Waals surface area contributed by atoms with Crippen molar-refractivity contribution >= 4 is 29.2 Å². The van der Waals surface area contributed by atoms with E-state index in [-0.39, 0.29) is 17.2 Å². The molecule has 0 unspecified atom stereocenters. The first-order valence-corrected chi connectivity index (χ1v) is 9.22. The number of benzene rings is 2. The third-order valence-corrected chi connectivity index (χ3v) is 4.97. The van der Waals surface area contributed by atoms with Crippen LogP contribution in [0.15, 0.2) is 42.5 Å². The average Bonchev–Trinajstić information content (AvgIpc) is 2.66. The molecule has 0 saturated carbocycles. The largest absolute Gasteiger partial charge is 0.462 e. The standard InChI is InChI=1S/C22H24N2O4/c1-5-28-21(27)15-8-6-14(7-9-15)20(26)23-16-10-11-18-17(12-16)22(2,3)13-19(25)24(18)4/h6-12H,5,13H2,1-4H3,(H,23,26). The van der Waals surface area contributed by atoms with Crippen LogP contribution in [-0.4, -0.2) is 31.4 Å². The topological polar surface area (TPSA) is 75.7 Å². The molecule has 2 aromatic rings. The summed E-state index contributed by atoms with van der Waals surface area (Å²) >= 11 is 0. The molecule has 1 aliphatic heterocycles. The molecule has 0 saturated heterocycles. The number of esters is 1. The maximum absolute atomic E-state index is 12.6. The Kier molecular flexibility index (Phi) is 5.23. The Labute approximate surface area is 164 Å². The molecular formula is C22H24N2O4. The molecule has 6 nitrogen and oxygen atoms in total. The molecule has 6 heteroatoms. The van der Waals surface area contributed by atoms with Gasteiger partial charge >= 0.3 is 5.97 Å². The monoisotopic (exact) mass is 380 g/mol. The number of anilines is 2. The van der Waals surface area contributed by atoms with Crippen molar-refractivity contribution in [3.63, 3.8) is 0 Å². The first kappa shape index (κ1) is 19.6. The molecule has 0 fully saturated rings. The Morgan fingerprint density at radius 2 is 1.75 bits per heavy atom. The van der Waals surface area contributed by atoms with Crippen LogP contribution in [0.1, 0.15) is 53.5 Å². The Balaban J connectivity index is 1.80. The van der Waals surface area contributed by atoms with Crippen LogP contribution in [0.3, 0.4) is 0 Å². The molecule has 2 aromatic carbocycles. The molecule has 28 heavy (non-hydrogen) atoms. The summed E-state index contributed by atoms with van der Waals surface area (Å²) in [4.78, 5) is 38.1. The maximum atomic E-state index is 12.6. The van der Waals surface area contributed by atoms with Gasteiger partial charge in [0.1, 0.15) is 0 Å². The van der Waals surface area contributed by atoms with Gasteiger partial charge in [-0.1, -0.05) is 13.8 Å². The highest BCUT2D eigenvalue weighted by Gasteiger charge is 2.35. The van der Waals surface area contributed by atoms with E-state index >= 15 is 0 Å². The fourth-order valence-electron chi connectivity index (χ4n) is 3.35. The van der Waals surface area contributed by atoms with Crippen LogP contribution in [0.2, 0.25) is 0 Å². The molecule has 0 aliphatic carbocycles. The predicted octanol–water partition coefficient (Wildman–Crippen LogP) is 3.76. The molecule has 1 N–H and O–H groups in total. The van der Waals surface area contributed by atoms with E-state index in [1.54, 1.807) is 49.2 Å². The molecule has 1 heterocycles. The number of hydrogen-bond acceptors (Lipinski definition) is 4. The number of hydrogen-bond donors (Lipinski definition) is 1. The molecule has 0 atom stereocenters. The fourth-order valence-corrected chi connectivity index (χ4v) is 3.35. The van der Waals surface area contributed by atoms with Gasteiger partial charge in [0.25, 0.3) is 5.91 Å². The molecule has 0 radical (unpaired) electrons. The van der Waals surface area contributed by atoms with Gasteiger partial charge in [0.05, 0.1) is 12.2 Å². The summed E-state index contributed by atoms with van der Waals surface area (Å²) in [5.74, 6) is -0.602. The molecule has 146 valence electrons. The van der Waals surface area contributed by atoms with E-state index in [9.17, 15) is 14.4 Å². The van der Waals surface area contributed by atoms with Crippen LogP contribution < -0.4 is 10.2 Å². The summed E-state index contributed by atoms with van der Waals surface area (Å²) in [5.41, 5.74) is 3.08. The van der Waals surface area contributed by atoms with Crippen molar-refractivity contribution < 1.29 is 19.1 Å². The molecule has 0 aromatic heterocycles. The van der Waals surface area contributed by atoms with Crippen LogP contribution in [0.4, 0.5) is 11.4 Å². The zero-order valence-electron chi connectivity index (χ0n) is 16.5. The second-order valence-electron chi connectivity index (χ2n) is 7.50. The van der Waals surface area contributed by atoms with E-state index < -0.39 is 5.97 Å². The zero-order chi connectivity index (χ0) is 20.5. The number of nitrogens with one attached hydrogen (secondary N) is 1. The van der Waals surface area contributed by atoms with Crippen LogP contribution >= 0.6 is 0 Å². The number of carbonyl (C=O) groups excluding carboxylic acids is 3. The summed E-state index contributed by atoms with van der Waals surface area (Å²) in [6, 6.07) is 11.9. The number of amides is 2. The third-order valence-electron chi connectivity index (χ3n) is 4.97. The highest BCUT2D eigenvalue weighted by Crippen LogP contribution is 2.40. The van der Waals surface area contributed by atoms with Crippen molar-refractivity contribution in [3.05, 3.63) is 59.2 Å². The highest BCUT2D eigenvalue weighted by molar-refractivity contribution is 6.05. The molecular weight excluding hydrogens is 356 g/mol.